The molecule has 118 valence electrons. The third-order valence-corrected chi connectivity index (χ3v) is 6.54. The van der Waals surface area contributed by atoms with Gasteiger partial charge in [0, 0.05) is 43.7 Å². The molecule has 21 heavy (non-hydrogen) atoms. The Morgan fingerprint density at radius 1 is 1.05 bits per heavy atom. The Labute approximate surface area is 128 Å². The Morgan fingerprint density at radius 3 is 2.52 bits per heavy atom. The SMILES string of the molecule is CN1C2CCC1CN(C(=O)CC1CC3CCC(C1)N3)CC2. The average molecular weight is 291 g/mol. The highest BCUT2D eigenvalue weighted by Crippen LogP contribution is 2.34. The summed E-state index contributed by atoms with van der Waals surface area (Å²) >= 11 is 0. The second kappa shape index (κ2) is 5.54. The van der Waals surface area contributed by atoms with Gasteiger partial charge in [0.2, 0.25) is 5.91 Å². The van der Waals surface area contributed by atoms with Crippen LogP contribution in [0.2, 0.25) is 0 Å². The molecule has 0 aliphatic carbocycles. The molecule has 0 saturated carbocycles. The van der Waals surface area contributed by atoms with Gasteiger partial charge >= 0.3 is 0 Å². The number of nitrogens with zero attached hydrogens (tertiary/aromatic N) is 2. The lowest BCUT2D eigenvalue weighted by molar-refractivity contribution is -0.132. The number of carbonyl (C=O) groups excluding carboxylic acids is 1. The molecule has 0 aromatic rings. The molecule has 4 aliphatic rings. The number of fused-ring (bicyclic) bond motifs is 4. The number of hydrogen-bond donors (Lipinski definition) is 1. The summed E-state index contributed by atoms with van der Waals surface area (Å²) < 4.78 is 0. The van der Waals surface area contributed by atoms with E-state index in [1.807, 2.05) is 0 Å². The molecule has 4 saturated heterocycles. The third-order valence-electron chi connectivity index (χ3n) is 6.54. The quantitative estimate of drug-likeness (QED) is 0.839. The van der Waals surface area contributed by atoms with Crippen LogP contribution in [0.15, 0.2) is 0 Å². The zero-order chi connectivity index (χ0) is 14.4. The van der Waals surface area contributed by atoms with E-state index in [0.717, 1.165) is 25.6 Å². The van der Waals surface area contributed by atoms with Crippen LogP contribution in [0.5, 0.6) is 0 Å². The number of rotatable bonds is 2. The van der Waals surface area contributed by atoms with Crippen LogP contribution in [-0.4, -0.2) is 60.0 Å². The van der Waals surface area contributed by atoms with E-state index in [-0.39, 0.29) is 0 Å². The summed E-state index contributed by atoms with van der Waals surface area (Å²) in [5, 5.41) is 3.68. The first kappa shape index (κ1) is 14.0. The zero-order valence-electron chi connectivity index (χ0n) is 13.3. The van der Waals surface area contributed by atoms with E-state index in [9.17, 15) is 4.79 Å². The lowest BCUT2D eigenvalue weighted by Crippen LogP contribution is -2.42. The molecular weight excluding hydrogens is 262 g/mol. The Balaban J connectivity index is 1.35. The smallest absolute Gasteiger partial charge is 0.222 e. The Hall–Kier alpha value is -0.610. The van der Waals surface area contributed by atoms with Crippen LogP contribution < -0.4 is 5.32 Å². The van der Waals surface area contributed by atoms with Gasteiger partial charge in [0.05, 0.1) is 0 Å². The normalized spacial score (nSPS) is 43.1. The van der Waals surface area contributed by atoms with Gasteiger partial charge in [0.15, 0.2) is 0 Å². The first-order chi connectivity index (χ1) is 10.2. The van der Waals surface area contributed by atoms with E-state index in [1.165, 1.54) is 44.9 Å². The standard InChI is InChI=1S/C17H29N3O/c1-19-15-4-5-16(19)11-20(7-6-15)17(21)10-12-8-13-2-3-14(9-12)18-13/h12-16,18H,2-11H2,1H3. The Morgan fingerprint density at radius 2 is 1.76 bits per heavy atom. The van der Waals surface area contributed by atoms with E-state index in [1.54, 1.807) is 0 Å². The van der Waals surface area contributed by atoms with Crippen molar-refractivity contribution >= 4 is 5.91 Å². The van der Waals surface area contributed by atoms with Crippen molar-refractivity contribution in [3.05, 3.63) is 0 Å². The van der Waals surface area contributed by atoms with E-state index < -0.39 is 0 Å². The summed E-state index contributed by atoms with van der Waals surface area (Å²) in [4.78, 5) is 17.4. The van der Waals surface area contributed by atoms with Gasteiger partial charge in [-0.25, -0.2) is 0 Å². The maximum Gasteiger partial charge on any atom is 0.222 e. The molecule has 0 spiro atoms. The van der Waals surface area contributed by atoms with Crippen molar-refractivity contribution in [1.29, 1.82) is 0 Å². The van der Waals surface area contributed by atoms with Crippen molar-refractivity contribution < 1.29 is 4.79 Å². The van der Waals surface area contributed by atoms with Crippen LogP contribution in [0.1, 0.15) is 51.4 Å². The molecule has 4 heteroatoms. The molecule has 0 radical (unpaired) electrons. The number of piperidine rings is 1. The topological polar surface area (TPSA) is 35.6 Å². The van der Waals surface area contributed by atoms with Gasteiger partial charge in [0.1, 0.15) is 0 Å². The van der Waals surface area contributed by atoms with Gasteiger partial charge in [-0.1, -0.05) is 0 Å². The number of likely N-dealkylation sites (tertiary alicyclic amines) is 1. The van der Waals surface area contributed by atoms with Gasteiger partial charge in [-0.3, -0.25) is 9.69 Å². The highest BCUT2D eigenvalue weighted by Gasteiger charge is 2.38. The van der Waals surface area contributed by atoms with Crippen molar-refractivity contribution in [3.63, 3.8) is 0 Å². The molecule has 4 atom stereocenters. The number of carbonyl (C=O) groups is 1. The predicted molar refractivity (Wildman–Crippen MR) is 83.1 cm³/mol. The minimum Gasteiger partial charge on any atom is -0.341 e. The van der Waals surface area contributed by atoms with E-state index in [4.69, 9.17) is 0 Å². The Kier molecular flexibility index (Phi) is 3.70. The fourth-order valence-corrected chi connectivity index (χ4v) is 5.25. The van der Waals surface area contributed by atoms with Crippen LogP contribution in [0.3, 0.4) is 0 Å². The monoisotopic (exact) mass is 291 g/mol. The van der Waals surface area contributed by atoms with Crippen molar-refractivity contribution in [3.8, 4) is 0 Å². The van der Waals surface area contributed by atoms with Gasteiger partial charge in [0.25, 0.3) is 0 Å². The predicted octanol–water partition coefficient (Wildman–Crippen LogP) is 1.60. The molecule has 4 rings (SSSR count). The minimum absolute atomic E-state index is 0.433. The van der Waals surface area contributed by atoms with Crippen molar-refractivity contribution in [2.24, 2.45) is 5.92 Å². The molecular formula is C17H29N3O. The summed E-state index contributed by atoms with van der Waals surface area (Å²) in [6, 6.07) is 2.74. The first-order valence-corrected chi connectivity index (χ1v) is 8.95. The molecule has 1 amide bonds. The van der Waals surface area contributed by atoms with E-state index >= 15 is 0 Å². The van der Waals surface area contributed by atoms with E-state index in [0.29, 0.717) is 30.0 Å². The van der Waals surface area contributed by atoms with Crippen molar-refractivity contribution in [2.75, 3.05) is 20.1 Å². The molecule has 4 fully saturated rings. The fraction of sp³-hybridized carbons (Fsp3) is 0.941. The number of amides is 1. The summed E-state index contributed by atoms with van der Waals surface area (Å²) in [6.07, 6.45) is 9.70. The summed E-state index contributed by atoms with van der Waals surface area (Å²) in [6.45, 7) is 1.96. The van der Waals surface area contributed by atoms with Gasteiger partial charge in [-0.2, -0.15) is 0 Å². The largest absolute Gasteiger partial charge is 0.341 e. The van der Waals surface area contributed by atoms with E-state index in [2.05, 4.69) is 22.2 Å². The van der Waals surface area contributed by atoms with Crippen LogP contribution in [0.25, 0.3) is 0 Å². The first-order valence-electron chi connectivity index (χ1n) is 8.95. The fourth-order valence-electron chi connectivity index (χ4n) is 5.25. The molecule has 4 nitrogen and oxygen atoms in total. The lowest BCUT2D eigenvalue weighted by Gasteiger charge is -2.31. The maximum absolute atomic E-state index is 12.7. The van der Waals surface area contributed by atoms with Crippen molar-refractivity contribution in [2.45, 2.75) is 75.5 Å². The highest BCUT2D eigenvalue weighted by atomic mass is 16.2. The molecule has 4 heterocycles. The third kappa shape index (κ3) is 2.72. The summed E-state index contributed by atoms with van der Waals surface area (Å²) in [5.41, 5.74) is 0. The Bertz CT molecular complexity index is 401. The maximum atomic E-state index is 12.7. The molecule has 4 bridgehead atoms. The minimum atomic E-state index is 0.433. The van der Waals surface area contributed by atoms with Crippen LogP contribution >= 0.6 is 0 Å². The van der Waals surface area contributed by atoms with Crippen LogP contribution in [0.4, 0.5) is 0 Å². The van der Waals surface area contributed by atoms with Crippen LogP contribution in [0, 0.1) is 5.92 Å². The second-order valence-electron chi connectivity index (χ2n) is 7.86. The second-order valence-corrected chi connectivity index (χ2v) is 7.86. The lowest BCUT2D eigenvalue weighted by atomic mass is 9.89. The molecule has 1 N–H and O–H groups in total. The van der Waals surface area contributed by atoms with Gasteiger partial charge < -0.3 is 10.2 Å². The molecule has 0 aromatic carbocycles. The number of nitrogens with one attached hydrogen (secondary N) is 1. The van der Waals surface area contributed by atoms with Gasteiger partial charge in [-0.15, -0.1) is 0 Å². The number of likely N-dealkylation sites (N-methyl/N-ethyl adjacent to an activating group) is 1. The molecule has 4 unspecified atom stereocenters. The highest BCUT2D eigenvalue weighted by molar-refractivity contribution is 5.76. The summed E-state index contributed by atoms with van der Waals surface area (Å²) in [5.74, 6) is 1.07. The van der Waals surface area contributed by atoms with Crippen molar-refractivity contribution in [1.82, 2.24) is 15.1 Å². The zero-order valence-corrected chi connectivity index (χ0v) is 13.3. The molecule has 4 aliphatic heterocycles. The molecule has 0 aromatic heterocycles. The van der Waals surface area contributed by atoms with Crippen LogP contribution in [-0.2, 0) is 4.79 Å². The summed E-state index contributed by atoms with van der Waals surface area (Å²) in [7, 11) is 2.25. The van der Waals surface area contributed by atoms with Gasteiger partial charge in [-0.05, 0) is 57.9 Å². The number of hydrogen-bond acceptors (Lipinski definition) is 3. The average Bonchev–Trinajstić information content (AvgIpc) is 2.89.